The summed E-state index contributed by atoms with van der Waals surface area (Å²) in [5.41, 5.74) is -0.0116. The first-order chi connectivity index (χ1) is 6.61. The molecule has 0 radical (unpaired) electrons. The molecule has 3 heteroatoms. The number of imidazole rings is 1. The molecule has 1 N–H and O–H groups in total. The van der Waals surface area contributed by atoms with Gasteiger partial charge >= 0.3 is 5.69 Å². The molecule has 1 rings (SSSR count). The summed E-state index contributed by atoms with van der Waals surface area (Å²) in [6.07, 6.45) is 3.47. The molecule has 1 aromatic heterocycles. The van der Waals surface area contributed by atoms with E-state index in [4.69, 9.17) is 0 Å². The average molecular weight is 198 g/mol. The number of hydrogen-bond acceptors (Lipinski definition) is 1. The van der Waals surface area contributed by atoms with E-state index < -0.39 is 0 Å². The SMILES string of the molecule is CC.CC(C)C(C)Cn1cc[nH]c1=O. The maximum Gasteiger partial charge on any atom is 0.325 e. The number of aromatic nitrogens is 2. The molecular weight excluding hydrogens is 176 g/mol. The fraction of sp³-hybridized carbons (Fsp3) is 0.727. The van der Waals surface area contributed by atoms with Crippen LogP contribution in [0.25, 0.3) is 0 Å². The van der Waals surface area contributed by atoms with Gasteiger partial charge in [0.15, 0.2) is 0 Å². The van der Waals surface area contributed by atoms with E-state index in [0.29, 0.717) is 11.8 Å². The van der Waals surface area contributed by atoms with Gasteiger partial charge in [-0.15, -0.1) is 0 Å². The first kappa shape index (κ1) is 13.0. The maximum absolute atomic E-state index is 11.1. The smallest absolute Gasteiger partial charge is 0.313 e. The topological polar surface area (TPSA) is 37.8 Å². The van der Waals surface area contributed by atoms with Gasteiger partial charge in [0.25, 0.3) is 0 Å². The zero-order valence-corrected chi connectivity index (χ0v) is 9.87. The molecule has 0 aliphatic heterocycles. The van der Waals surface area contributed by atoms with Crippen LogP contribution in [0.15, 0.2) is 17.2 Å². The van der Waals surface area contributed by atoms with Crippen LogP contribution in [-0.2, 0) is 6.54 Å². The molecule has 0 fully saturated rings. The lowest BCUT2D eigenvalue weighted by Crippen LogP contribution is -2.22. The summed E-state index contributed by atoms with van der Waals surface area (Å²) in [5, 5.41) is 0. The fourth-order valence-electron chi connectivity index (χ4n) is 1.01. The van der Waals surface area contributed by atoms with Crippen LogP contribution in [0.3, 0.4) is 0 Å². The van der Waals surface area contributed by atoms with Crippen LogP contribution >= 0.6 is 0 Å². The Bertz CT molecular complexity index is 285. The molecule has 1 unspecified atom stereocenters. The Morgan fingerprint density at radius 3 is 2.29 bits per heavy atom. The Balaban J connectivity index is 0.000000791. The van der Waals surface area contributed by atoms with Gasteiger partial charge in [-0.05, 0) is 11.8 Å². The van der Waals surface area contributed by atoms with E-state index in [2.05, 4.69) is 25.8 Å². The van der Waals surface area contributed by atoms with Crippen molar-refractivity contribution in [1.29, 1.82) is 0 Å². The quantitative estimate of drug-likeness (QED) is 0.796. The van der Waals surface area contributed by atoms with E-state index >= 15 is 0 Å². The van der Waals surface area contributed by atoms with Crippen LogP contribution in [0.2, 0.25) is 0 Å². The van der Waals surface area contributed by atoms with Gasteiger partial charge in [-0.25, -0.2) is 4.79 Å². The molecule has 0 spiro atoms. The number of rotatable bonds is 3. The molecule has 3 nitrogen and oxygen atoms in total. The van der Waals surface area contributed by atoms with E-state index in [9.17, 15) is 4.79 Å². The molecule has 0 bridgehead atoms. The number of nitrogens with zero attached hydrogens (tertiary/aromatic N) is 1. The number of aromatic amines is 1. The third-order valence-electron chi connectivity index (χ3n) is 2.34. The Labute approximate surface area is 86.2 Å². The van der Waals surface area contributed by atoms with E-state index in [1.807, 2.05) is 13.8 Å². The molecule has 0 aromatic carbocycles. The van der Waals surface area contributed by atoms with Crippen molar-refractivity contribution in [1.82, 2.24) is 9.55 Å². The lowest BCUT2D eigenvalue weighted by atomic mass is 9.98. The molecule has 0 saturated carbocycles. The minimum atomic E-state index is -0.0116. The fourth-order valence-corrected chi connectivity index (χ4v) is 1.01. The normalized spacial score (nSPS) is 12.1. The summed E-state index contributed by atoms with van der Waals surface area (Å²) in [4.78, 5) is 13.7. The van der Waals surface area contributed by atoms with Crippen LogP contribution in [0.4, 0.5) is 0 Å². The molecule has 0 amide bonds. The Morgan fingerprint density at radius 2 is 1.93 bits per heavy atom. The van der Waals surface area contributed by atoms with E-state index in [1.54, 1.807) is 17.0 Å². The molecule has 1 atom stereocenters. The Kier molecular flexibility index (Phi) is 6.00. The van der Waals surface area contributed by atoms with Crippen molar-refractivity contribution < 1.29 is 0 Å². The lowest BCUT2D eigenvalue weighted by molar-refractivity contribution is 0.361. The monoisotopic (exact) mass is 198 g/mol. The predicted octanol–water partition coefficient (Wildman–Crippen LogP) is 2.49. The molecule has 0 aliphatic carbocycles. The second kappa shape index (κ2) is 6.46. The summed E-state index contributed by atoms with van der Waals surface area (Å²) >= 11 is 0. The van der Waals surface area contributed by atoms with Gasteiger partial charge in [-0.1, -0.05) is 34.6 Å². The molecule has 14 heavy (non-hydrogen) atoms. The van der Waals surface area contributed by atoms with Gasteiger partial charge in [0.05, 0.1) is 0 Å². The summed E-state index contributed by atoms with van der Waals surface area (Å²) < 4.78 is 1.71. The van der Waals surface area contributed by atoms with E-state index in [-0.39, 0.29) is 5.69 Å². The molecule has 82 valence electrons. The van der Waals surface area contributed by atoms with E-state index in [1.165, 1.54) is 0 Å². The number of H-pyrrole nitrogens is 1. The third-order valence-corrected chi connectivity index (χ3v) is 2.34. The summed E-state index contributed by atoms with van der Waals surface area (Å²) in [7, 11) is 0. The molecule has 1 aromatic rings. The first-order valence-electron chi connectivity index (χ1n) is 5.35. The maximum atomic E-state index is 11.1. The zero-order chi connectivity index (χ0) is 11.1. The van der Waals surface area contributed by atoms with Gasteiger partial charge in [-0.2, -0.15) is 0 Å². The Morgan fingerprint density at radius 1 is 1.36 bits per heavy atom. The largest absolute Gasteiger partial charge is 0.325 e. The second-order valence-electron chi connectivity index (χ2n) is 3.64. The van der Waals surface area contributed by atoms with Crippen molar-refractivity contribution in [3.63, 3.8) is 0 Å². The molecular formula is C11H22N2O. The summed E-state index contributed by atoms with van der Waals surface area (Å²) in [6.45, 7) is 11.3. The first-order valence-corrected chi connectivity index (χ1v) is 5.35. The standard InChI is InChI=1S/C9H16N2O.C2H6/c1-7(2)8(3)6-11-5-4-10-9(11)12;1-2/h4-5,7-8H,6H2,1-3H3,(H,10,12);1-2H3. The van der Waals surface area contributed by atoms with Crippen molar-refractivity contribution in [2.24, 2.45) is 11.8 Å². The van der Waals surface area contributed by atoms with Gasteiger partial charge < -0.3 is 4.98 Å². The van der Waals surface area contributed by atoms with Crippen molar-refractivity contribution in [3.8, 4) is 0 Å². The van der Waals surface area contributed by atoms with Crippen molar-refractivity contribution >= 4 is 0 Å². The highest BCUT2D eigenvalue weighted by Crippen LogP contribution is 2.10. The highest BCUT2D eigenvalue weighted by atomic mass is 16.1. The van der Waals surface area contributed by atoms with Gasteiger partial charge in [-0.3, -0.25) is 4.57 Å². The predicted molar refractivity (Wildman–Crippen MR) is 60.4 cm³/mol. The summed E-state index contributed by atoms with van der Waals surface area (Å²) in [5.74, 6) is 1.16. The lowest BCUT2D eigenvalue weighted by Gasteiger charge is -2.14. The van der Waals surface area contributed by atoms with Crippen LogP contribution in [0.1, 0.15) is 34.6 Å². The van der Waals surface area contributed by atoms with E-state index in [0.717, 1.165) is 6.54 Å². The van der Waals surface area contributed by atoms with Gasteiger partial charge in [0.1, 0.15) is 0 Å². The van der Waals surface area contributed by atoms with Crippen LogP contribution in [0, 0.1) is 11.8 Å². The van der Waals surface area contributed by atoms with Crippen molar-refractivity contribution in [3.05, 3.63) is 22.9 Å². The van der Waals surface area contributed by atoms with Gasteiger partial charge in [0, 0.05) is 18.9 Å². The van der Waals surface area contributed by atoms with Gasteiger partial charge in [0.2, 0.25) is 0 Å². The average Bonchev–Trinajstić information content (AvgIpc) is 2.55. The third kappa shape index (κ3) is 3.81. The van der Waals surface area contributed by atoms with Crippen LogP contribution in [-0.4, -0.2) is 9.55 Å². The molecule has 0 aliphatic rings. The Hall–Kier alpha value is -0.990. The van der Waals surface area contributed by atoms with Crippen LogP contribution < -0.4 is 5.69 Å². The second-order valence-corrected chi connectivity index (χ2v) is 3.64. The summed E-state index contributed by atoms with van der Waals surface area (Å²) in [6, 6.07) is 0. The zero-order valence-electron chi connectivity index (χ0n) is 9.87. The number of hydrogen-bond donors (Lipinski definition) is 1. The van der Waals surface area contributed by atoms with Crippen molar-refractivity contribution in [2.45, 2.75) is 41.2 Å². The van der Waals surface area contributed by atoms with Crippen LogP contribution in [0.5, 0.6) is 0 Å². The minimum Gasteiger partial charge on any atom is -0.313 e. The molecule has 1 heterocycles. The highest BCUT2D eigenvalue weighted by molar-refractivity contribution is 4.76. The van der Waals surface area contributed by atoms with Crippen molar-refractivity contribution in [2.75, 3.05) is 0 Å². The molecule has 0 saturated heterocycles. The number of nitrogens with one attached hydrogen (secondary N) is 1. The minimum absolute atomic E-state index is 0.0116. The highest BCUT2D eigenvalue weighted by Gasteiger charge is 2.08.